The highest BCUT2D eigenvalue weighted by molar-refractivity contribution is 7.26. The van der Waals surface area contributed by atoms with Crippen molar-refractivity contribution in [1.82, 2.24) is 0 Å². The first-order valence-electron chi connectivity index (χ1n) is 25.7. The van der Waals surface area contributed by atoms with Crippen LogP contribution in [0.3, 0.4) is 0 Å². The van der Waals surface area contributed by atoms with Crippen LogP contribution in [-0.2, 0) is 5.41 Å². The molecule has 0 saturated carbocycles. The maximum Gasteiger partial charge on any atom is 0.145 e. The van der Waals surface area contributed by atoms with Crippen LogP contribution in [0.25, 0.3) is 75.1 Å². The molecule has 0 radical (unpaired) electrons. The number of hydrogen-bond acceptors (Lipinski definition) is 4. The van der Waals surface area contributed by atoms with Gasteiger partial charge in [0.15, 0.2) is 0 Å². The molecular formula is C71H46N2OS. The average molecular weight is 975 g/mol. The summed E-state index contributed by atoms with van der Waals surface area (Å²) in [6.07, 6.45) is 0. The molecule has 1 aliphatic rings. The largest absolute Gasteiger partial charge is 0.455 e. The Balaban J connectivity index is 1.12. The van der Waals surface area contributed by atoms with Crippen molar-refractivity contribution < 1.29 is 4.42 Å². The molecule has 1 aliphatic carbocycles. The van der Waals surface area contributed by atoms with Gasteiger partial charge in [-0.15, -0.1) is 11.3 Å². The molecule has 0 unspecified atom stereocenters. The molecule has 0 atom stereocenters. The zero-order valence-electron chi connectivity index (χ0n) is 40.8. The summed E-state index contributed by atoms with van der Waals surface area (Å²) in [4.78, 5) is 4.94. The molecule has 14 aromatic rings. The van der Waals surface area contributed by atoms with Crippen LogP contribution >= 0.6 is 11.3 Å². The normalized spacial score (nSPS) is 12.6. The van der Waals surface area contributed by atoms with E-state index in [1.165, 1.54) is 69.9 Å². The van der Waals surface area contributed by atoms with Crippen molar-refractivity contribution >= 4 is 98.3 Å². The molecular weight excluding hydrogens is 929 g/mol. The summed E-state index contributed by atoms with van der Waals surface area (Å²) in [7, 11) is 0. The zero-order valence-corrected chi connectivity index (χ0v) is 41.6. The van der Waals surface area contributed by atoms with Gasteiger partial charge in [-0.05, 0) is 123 Å². The molecule has 0 fully saturated rings. The molecule has 0 aliphatic heterocycles. The van der Waals surface area contributed by atoms with Crippen LogP contribution in [0.4, 0.5) is 34.1 Å². The first-order chi connectivity index (χ1) is 37.2. The predicted octanol–water partition coefficient (Wildman–Crippen LogP) is 20.1. The van der Waals surface area contributed by atoms with E-state index in [4.69, 9.17) is 4.42 Å². The smallest absolute Gasteiger partial charge is 0.145 e. The van der Waals surface area contributed by atoms with Crippen LogP contribution in [0, 0.1) is 0 Å². The Bertz CT molecular complexity index is 4410. The Kier molecular flexibility index (Phi) is 9.97. The van der Waals surface area contributed by atoms with Crippen molar-refractivity contribution in [3.8, 4) is 22.3 Å². The van der Waals surface area contributed by atoms with E-state index in [0.717, 1.165) is 61.6 Å². The van der Waals surface area contributed by atoms with E-state index in [0.29, 0.717) is 0 Å². The maximum atomic E-state index is 7.52. The molecule has 15 rings (SSSR count). The summed E-state index contributed by atoms with van der Waals surface area (Å²) in [5, 5.41) is 6.97. The van der Waals surface area contributed by atoms with Crippen molar-refractivity contribution in [2.24, 2.45) is 0 Å². The molecule has 2 aromatic heterocycles. The number of anilines is 6. The van der Waals surface area contributed by atoms with Crippen molar-refractivity contribution in [2.75, 3.05) is 9.80 Å². The number of nitrogens with zero attached hydrogens (tertiary/aromatic N) is 2. The Morgan fingerprint density at radius 2 is 0.840 bits per heavy atom. The van der Waals surface area contributed by atoms with Crippen LogP contribution in [0.2, 0.25) is 0 Å². The number of fused-ring (bicyclic) bond motifs is 12. The fraction of sp³-hybridized carbons (Fsp3) is 0.0141. The molecule has 0 saturated heterocycles. The van der Waals surface area contributed by atoms with E-state index in [-0.39, 0.29) is 0 Å². The number of rotatable bonds is 9. The van der Waals surface area contributed by atoms with Gasteiger partial charge in [-0.25, -0.2) is 0 Å². The van der Waals surface area contributed by atoms with Gasteiger partial charge < -0.3 is 14.2 Å². The summed E-state index contributed by atoms with van der Waals surface area (Å²) in [6, 6.07) is 102. The number of thiophene rings is 1. The van der Waals surface area contributed by atoms with E-state index in [2.05, 4.69) is 289 Å². The molecule has 0 spiro atoms. The third kappa shape index (κ3) is 6.67. The minimum atomic E-state index is -0.827. The van der Waals surface area contributed by atoms with E-state index < -0.39 is 5.41 Å². The lowest BCUT2D eigenvalue weighted by Crippen LogP contribution is -2.29. The Labute approximate surface area is 439 Å². The number of hydrogen-bond donors (Lipinski definition) is 0. The second-order valence-corrected chi connectivity index (χ2v) is 20.6. The van der Waals surface area contributed by atoms with Gasteiger partial charge in [-0.1, -0.05) is 206 Å². The van der Waals surface area contributed by atoms with Gasteiger partial charge in [-0.3, -0.25) is 0 Å². The molecule has 352 valence electrons. The van der Waals surface area contributed by atoms with Crippen LogP contribution < -0.4 is 9.80 Å². The summed E-state index contributed by atoms with van der Waals surface area (Å²) < 4.78 is 9.96. The molecule has 3 nitrogen and oxygen atoms in total. The van der Waals surface area contributed by atoms with Gasteiger partial charge in [0.05, 0.1) is 26.9 Å². The minimum Gasteiger partial charge on any atom is -0.455 e. The molecule has 2 heterocycles. The Morgan fingerprint density at radius 1 is 0.347 bits per heavy atom. The molecule has 0 bridgehead atoms. The number of furan rings is 1. The van der Waals surface area contributed by atoms with Crippen LogP contribution in [-0.4, -0.2) is 0 Å². The standard InChI is InChI=1S/C71H46N2OS/c1-6-22-47(23-7-1)49-38-41-55(42-39-49)72(53-30-12-4-13-31-53)62-46-59-67(66-58-35-19-21-37-64(58)75-70(62)66)68-60(71(59,51-26-8-2-9-27-51)52-28-10-3-11-29-52)45-61(65-57-34-18-20-36-63(57)74-69(65)68)73(54-32-14-5-15-33-54)56-43-40-48-24-16-17-25-50(48)44-56/h1-46H. The second kappa shape index (κ2) is 17.3. The SMILES string of the molecule is c1ccc(-c2ccc(N(c3ccccc3)c3cc4c(c5c3sc3ccccc35)-c3c(cc(N(c5ccccc5)c5ccc6ccccc6c5)c5c3oc3ccccc35)C4(c3ccccc3)c3ccccc3)cc2)cc1. The first-order valence-corrected chi connectivity index (χ1v) is 26.5. The Hall–Kier alpha value is -9.48. The van der Waals surface area contributed by atoms with Gasteiger partial charge in [-0.2, -0.15) is 0 Å². The third-order valence-electron chi connectivity index (χ3n) is 15.5. The lowest BCUT2D eigenvalue weighted by molar-refractivity contribution is 0.669. The molecule has 75 heavy (non-hydrogen) atoms. The Morgan fingerprint density at radius 3 is 1.52 bits per heavy atom. The summed E-state index contributed by atoms with van der Waals surface area (Å²) in [5.41, 5.74) is 16.8. The zero-order chi connectivity index (χ0) is 49.5. The first kappa shape index (κ1) is 43.1. The highest BCUT2D eigenvalue weighted by Gasteiger charge is 2.50. The highest BCUT2D eigenvalue weighted by atomic mass is 32.1. The van der Waals surface area contributed by atoms with E-state index in [9.17, 15) is 0 Å². The summed E-state index contributed by atoms with van der Waals surface area (Å²) >= 11 is 1.87. The second-order valence-electron chi connectivity index (χ2n) is 19.5. The van der Waals surface area contributed by atoms with Crippen molar-refractivity contribution in [2.45, 2.75) is 5.41 Å². The molecule has 4 heteroatoms. The highest BCUT2D eigenvalue weighted by Crippen LogP contribution is 2.65. The van der Waals surface area contributed by atoms with Gasteiger partial charge in [0.25, 0.3) is 0 Å². The number of benzene rings is 12. The van der Waals surface area contributed by atoms with Gasteiger partial charge in [0, 0.05) is 49.2 Å². The van der Waals surface area contributed by atoms with Gasteiger partial charge in [0.2, 0.25) is 0 Å². The van der Waals surface area contributed by atoms with E-state index in [1.807, 2.05) is 11.3 Å². The quantitative estimate of drug-likeness (QED) is 0.144. The minimum absolute atomic E-state index is 0.827. The van der Waals surface area contributed by atoms with Crippen LogP contribution in [0.15, 0.2) is 283 Å². The van der Waals surface area contributed by atoms with E-state index in [1.54, 1.807) is 0 Å². The fourth-order valence-electron chi connectivity index (χ4n) is 12.3. The van der Waals surface area contributed by atoms with Crippen molar-refractivity contribution in [3.05, 3.63) is 301 Å². The third-order valence-corrected chi connectivity index (χ3v) is 16.7. The van der Waals surface area contributed by atoms with Gasteiger partial charge >= 0.3 is 0 Å². The predicted molar refractivity (Wildman–Crippen MR) is 316 cm³/mol. The monoisotopic (exact) mass is 974 g/mol. The van der Waals surface area contributed by atoms with Crippen LogP contribution in [0.5, 0.6) is 0 Å². The van der Waals surface area contributed by atoms with Gasteiger partial charge in [0.1, 0.15) is 11.2 Å². The number of para-hydroxylation sites is 3. The topological polar surface area (TPSA) is 19.6 Å². The molecule has 12 aromatic carbocycles. The molecule has 0 amide bonds. The fourth-order valence-corrected chi connectivity index (χ4v) is 13.5. The summed E-state index contributed by atoms with van der Waals surface area (Å²) in [6.45, 7) is 0. The van der Waals surface area contributed by atoms with Crippen molar-refractivity contribution in [1.29, 1.82) is 0 Å². The lowest BCUT2D eigenvalue weighted by atomic mass is 9.67. The summed E-state index contributed by atoms with van der Waals surface area (Å²) in [5.74, 6) is 0. The molecule has 0 N–H and O–H groups in total. The average Bonchev–Trinajstić information content (AvgIpc) is 4.37. The van der Waals surface area contributed by atoms with Crippen LogP contribution in [0.1, 0.15) is 22.3 Å². The maximum absolute atomic E-state index is 7.52. The van der Waals surface area contributed by atoms with Crippen molar-refractivity contribution in [3.63, 3.8) is 0 Å². The lowest BCUT2D eigenvalue weighted by Gasteiger charge is -2.36. The van der Waals surface area contributed by atoms with E-state index >= 15 is 0 Å².